The van der Waals surface area contributed by atoms with Gasteiger partial charge in [-0.3, -0.25) is 14.8 Å². The number of aliphatic imine (C=N–C) groups is 1. The Morgan fingerprint density at radius 1 is 1.19 bits per heavy atom. The summed E-state index contributed by atoms with van der Waals surface area (Å²) < 4.78 is 10.9. The molecule has 3 aromatic rings. The average molecular weight is 450 g/mol. The van der Waals surface area contributed by atoms with Crippen LogP contribution in [0.25, 0.3) is 17.0 Å². The highest BCUT2D eigenvalue weighted by Crippen LogP contribution is 2.30. The summed E-state index contributed by atoms with van der Waals surface area (Å²) in [6.07, 6.45) is 3.51. The molecule has 0 radical (unpaired) electrons. The second-order valence-electron chi connectivity index (χ2n) is 7.04. The van der Waals surface area contributed by atoms with E-state index in [9.17, 15) is 9.90 Å². The fraction of sp³-hybridized carbons (Fsp3) is 0.208. The smallest absolute Gasteiger partial charge is 0.264 e. The summed E-state index contributed by atoms with van der Waals surface area (Å²) in [5, 5.41) is 13.9. The fourth-order valence-electron chi connectivity index (χ4n) is 3.27. The van der Waals surface area contributed by atoms with Gasteiger partial charge in [-0.05, 0) is 47.2 Å². The predicted molar refractivity (Wildman–Crippen MR) is 127 cm³/mol. The maximum Gasteiger partial charge on any atom is 0.264 e. The maximum absolute atomic E-state index is 12.5. The number of aliphatic hydroxyl groups excluding tert-OH is 1. The number of nitrogens with one attached hydrogen (secondary N) is 1. The van der Waals surface area contributed by atoms with Crippen molar-refractivity contribution >= 4 is 39.8 Å². The van der Waals surface area contributed by atoms with Crippen molar-refractivity contribution in [1.29, 1.82) is 0 Å². The van der Waals surface area contributed by atoms with Crippen molar-refractivity contribution in [3.8, 4) is 5.75 Å². The van der Waals surface area contributed by atoms with Crippen LogP contribution in [0.1, 0.15) is 17.2 Å². The van der Waals surface area contributed by atoms with Crippen LogP contribution in [0.2, 0.25) is 0 Å². The first kappa shape index (κ1) is 22.0. The van der Waals surface area contributed by atoms with Crippen molar-refractivity contribution in [3.05, 3.63) is 76.8 Å². The number of nitrogens with zero attached hydrogens (tertiary/aromatic N) is 2. The number of thioether (sulfide) groups is 1. The molecule has 8 heteroatoms. The van der Waals surface area contributed by atoms with Gasteiger partial charge < -0.3 is 19.9 Å². The van der Waals surface area contributed by atoms with Crippen molar-refractivity contribution in [2.24, 2.45) is 4.99 Å². The van der Waals surface area contributed by atoms with E-state index in [4.69, 9.17) is 9.47 Å². The monoisotopic (exact) mass is 449 g/mol. The van der Waals surface area contributed by atoms with Crippen LogP contribution in [0.3, 0.4) is 0 Å². The number of aliphatic hydroxyl groups is 1. The third kappa shape index (κ3) is 5.16. The molecular weight excluding hydrogens is 426 g/mol. The SMILES string of the molecule is COCCOc1ccnc2ccc(/C=C3\SC(=N[C@@H](CO)c4ccccc4)NC3=O)cc12. The summed E-state index contributed by atoms with van der Waals surface area (Å²) in [5.41, 5.74) is 2.54. The summed E-state index contributed by atoms with van der Waals surface area (Å²) >= 11 is 1.25. The number of amidine groups is 1. The molecular formula is C24H23N3O4S. The van der Waals surface area contributed by atoms with E-state index in [0.29, 0.717) is 29.0 Å². The van der Waals surface area contributed by atoms with Crippen molar-refractivity contribution in [2.45, 2.75) is 6.04 Å². The quantitative estimate of drug-likeness (QED) is 0.404. The Balaban J connectivity index is 1.57. The number of aromatic nitrogens is 1. The van der Waals surface area contributed by atoms with Crippen LogP contribution in [0.15, 0.2) is 70.7 Å². The van der Waals surface area contributed by atoms with Gasteiger partial charge in [-0.2, -0.15) is 0 Å². The number of carbonyl (C=O) groups is 1. The average Bonchev–Trinajstić information content (AvgIpc) is 3.17. The predicted octanol–water partition coefficient (Wildman–Crippen LogP) is 3.55. The molecule has 7 nitrogen and oxygen atoms in total. The number of hydrogen-bond donors (Lipinski definition) is 2. The molecule has 1 saturated heterocycles. The molecule has 164 valence electrons. The van der Waals surface area contributed by atoms with E-state index in [2.05, 4.69) is 15.3 Å². The van der Waals surface area contributed by atoms with Gasteiger partial charge >= 0.3 is 0 Å². The van der Waals surface area contributed by atoms with Gasteiger partial charge in [-0.25, -0.2) is 0 Å². The summed E-state index contributed by atoms with van der Waals surface area (Å²) in [7, 11) is 1.63. The molecule has 0 bridgehead atoms. The van der Waals surface area contributed by atoms with Crippen LogP contribution in [0.4, 0.5) is 0 Å². The van der Waals surface area contributed by atoms with Gasteiger partial charge in [-0.15, -0.1) is 0 Å². The summed E-state index contributed by atoms with van der Waals surface area (Å²) in [6.45, 7) is 0.781. The van der Waals surface area contributed by atoms with E-state index in [0.717, 1.165) is 22.0 Å². The van der Waals surface area contributed by atoms with Gasteiger partial charge in [0.2, 0.25) is 0 Å². The number of amides is 1. The Morgan fingerprint density at radius 2 is 2.03 bits per heavy atom. The summed E-state index contributed by atoms with van der Waals surface area (Å²) in [4.78, 5) is 21.9. The lowest BCUT2D eigenvalue weighted by Crippen LogP contribution is -2.21. The number of rotatable bonds is 8. The Kier molecular flexibility index (Phi) is 7.16. The molecule has 1 atom stereocenters. The van der Waals surface area contributed by atoms with E-state index >= 15 is 0 Å². The van der Waals surface area contributed by atoms with Crippen molar-refractivity contribution in [2.75, 3.05) is 26.9 Å². The Morgan fingerprint density at radius 3 is 2.81 bits per heavy atom. The molecule has 1 fully saturated rings. The van der Waals surface area contributed by atoms with Crippen LogP contribution >= 0.6 is 11.8 Å². The first-order valence-electron chi connectivity index (χ1n) is 10.1. The van der Waals surface area contributed by atoms with Crippen LogP contribution in [0.5, 0.6) is 5.75 Å². The van der Waals surface area contributed by atoms with Gasteiger partial charge in [0.25, 0.3) is 5.91 Å². The first-order valence-corrected chi connectivity index (χ1v) is 10.9. The molecule has 0 aliphatic carbocycles. The fourth-order valence-corrected chi connectivity index (χ4v) is 4.14. The molecule has 2 heterocycles. The molecule has 1 amide bonds. The number of fused-ring (bicyclic) bond motifs is 1. The topological polar surface area (TPSA) is 93.0 Å². The van der Waals surface area contributed by atoms with Gasteiger partial charge in [0.05, 0.1) is 23.6 Å². The molecule has 4 rings (SSSR count). The van der Waals surface area contributed by atoms with Gasteiger partial charge in [0.15, 0.2) is 5.17 Å². The number of carbonyl (C=O) groups excluding carboxylic acids is 1. The highest BCUT2D eigenvalue weighted by molar-refractivity contribution is 8.18. The maximum atomic E-state index is 12.5. The highest BCUT2D eigenvalue weighted by Gasteiger charge is 2.25. The number of ether oxygens (including phenoxy) is 2. The number of hydrogen-bond acceptors (Lipinski definition) is 7. The van der Waals surface area contributed by atoms with E-state index in [1.807, 2.05) is 60.7 Å². The lowest BCUT2D eigenvalue weighted by Gasteiger charge is -2.10. The first-order chi connectivity index (χ1) is 15.7. The van der Waals surface area contributed by atoms with Gasteiger partial charge in [0.1, 0.15) is 18.4 Å². The zero-order chi connectivity index (χ0) is 22.3. The number of pyridine rings is 1. The molecule has 32 heavy (non-hydrogen) atoms. The molecule has 0 unspecified atom stereocenters. The van der Waals surface area contributed by atoms with Crippen molar-refractivity contribution in [3.63, 3.8) is 0 Å². The Labute approximate surface area is 190 Å². The van der Waals surface area contributed by atoms with Crippen molar-refractivity contribution in [1.82, 2.24) is 10.3 Å². The molecule has 2 N–H and O–H groups in total. The van der Waals surface area contributed by atoms with Crippen LogP contribution < -0.4 is 10.1 Å². The summed E-state index contributed by atoms with van der Waals surface area (Å²) in [6, 6.07) is 16.6. The highest BCUT2D eigenvalue weighted by atomic mass is 32.2. The minimum absolute atomic E-state index is 0.146. The van der Waals surface area contributed by atoms with Gasteiger partial charge in [0, 0.05) is 18.7 Å². The number of benzene rings is 2. The minimum atomic E-state index is -0.433. The zero-order valence-corrected chi connectivity index (χ0v) is 18.3. The third-order valence-corrected chi connectivity index (χ3v) is 5.77. The molecule has 0 saturated carbocycles. The molecule has 0 spiro atoms. The van der Waals surface area contributed by atoms with E-state index < -0.39 is 6.04 Å². The lowest BCUT2D eigenvalue weighted by atomic mass is 10.1. The largest absolute Gasteiger partial charge is 0.490 e. The third-order valence-electron chi connectivity index (χ3n) is 4.85. The molecule has 2 aromatic carbocycles. The van der Waals surface area contributed by atoms with Crippen LogP contribution in [-0.2, 0) is 9.53 Å². The van der Waals surface area contributed by atoms with Gasteiger partial charge in [-0.1, -0.05) is 36.4 Å². The lowest BCUT2D eigenvalue weighted by molar-refractivity contribution is -0.115. The van der Waals surface area contributed by atoms with E-state index in [1.165, 1.54) is 11.8 Å². The zero-order valence-electron chi connectivity index (χ0n) is 17.5. The summed E-state index contributed by atoms with van der Waals surface area (Å²) in [5.74, 6) is 0.494. The Hall–Kier alpha value is -3.20. The van der Waals surface area contributed by atoms with Crippen molar-refractivity contribution < 1.29 is 19.4 Å². The second-order valence-corrected chi connectivity index (χ2v) is 8.07. The second kappa shape index (κ2) is 10.4. The van der Waals surface area contributed by atoms with Crippen LogP contribution in [-0.4, -0.2) is 48.1 Å². The molecule has 1 aliphatic heterocycles. The van der Waals surface area contributed by atoms with Crippen LogP contribution in [0, 0.1) is 0 Å². The van der Waals surface area contributed by atoms with E-state index in [1.54, 1.807) is 13.3 Å². The molecule has 1 aliphatic rings. The number of methoxy groups -OCH3 is 1. The standard InChI is InChI=1S/C24H23N3O4S/c1-30-11-12-31-21-9-10-25-19-8-7-16(13-18(19)21)14-22-23(29)27-24(32-22)26-20(15-28)17-5-3-2-4-6-17/h2-10,13-14,20,28H,11-12,15H2,1H3,(H,26,27,29)/b22-14-/t20-/m0/s1. The van der Waals surface area contributed by atoms with E-state index in [-0.39, 0.29) is 12.5 Å². The minimum Gasteiger partial charge on any atom is -0.490 e. The molecule has 1 aromatic heterocycles. The normalized spacial score (nSPS) is 17.1. The Bertz CT molecular complexity index is 1160.